The van der Waals surface area contributed by atoms with Gasteiger partial charge in [-0.1, -0.05) is 11.6 Å². The van der Waals surface area contributed by atoms with Crippen LogP contribution >= 0.6 is 11.6 Å². The molecule has 222 valence electrons. The van der Waals surface area contributed by atoms with E-state index >= 15 is 4.39 Å². The van der Waals surface area contributed by atoms with Gasteiger partial charge in [0.15, 0.2) is 23.0 Å². The molecule has 0 atom stereocenters. The molecule has 0 saturated carbocycles. The first-order valence-corrected chi connectivity index (χ1v) is 13.9. The molecule has 1 aromatic carbocycles. The van der Waals surface area contributed by atoms with E-state index in [1.165, 1.54) is 24.8 Å². The molecule has 0 radical (unpaired) electrons. The predicted octanol–water partition coefficient (Wildman–Crippen LogP) is 5.28. The van der Waals surface area contributed by atoms with Crippen molar-refractivity contribution in [1.29, 1.82) is 0 Å². The number of ether oxygens (including phenoxy) is 2. The van der Waals surface area contributed by atoms with E-state index in [2.05, 4.69) is 35.7 Å². The van der Waals surface area contributed by atoms with Crippen molar-refractivity contribution in [2.45, 2.75) is 45.3 Å². The number of hydrogen-bond acceptors (Lipinski definition) is 11. The lowest BCUT2D eigenvalue weighted by molar-refractivity contribution is 0.0497. The number of amides is 1. The second-order valence-electron chi connectivity index (χ2n) is 11.0. The molecule has 0 aliphatic carbocycles. The maximum absolute atomic E-state index is 15.2. The van der Waals surface area contributed by atoms with Crippen LogP contribution in [-0.4, -0.2) is 65.4 Å². The topological polar surface area (TPSA) is 145 Å². The smallest absolute Gasteiger partial charge is 0.407 e. The third-order valence-corrected chi connectivity index (χ3v) is 6.88. The number of benzene rings is 1. The number of alkyl carbamates (subject to hydrolysis) is 1. The summed E-state index contributed by atoms with van der Waals surface area (Å²) in [5.74, 6) is 0.415. The molecule has 43 heavy (non-hydrogen) atoms. The summed E-state index contributed by atoms with van der Waals surface area (Å²) in [7, 11) is 0. The van der Waals surface area contributed by atoms with Crippen LogP contribution in [0, 0.1) is 5.82 Å². The molecule has 0 spiro atoms. The first-order chi connectivity index (χ1) is 20.6. The molecule has 13 nitrogen and oxygen atoms in total. The Morgan fingerprint density at radius 1 is 1.09 bits per heavy atom. The monoisotopic (exact) mass is 606 g/mol. The van der Waals surface area contributed by atoms with Gasteiger partial charge in [0, 0.05) is 43.1 Å². The average molecular weight is 607 g/mol. The maximum Gasteiger partial charge on any atom is 0.407 e. The SMILES string of the molecule is CC(C)(C)OC(=O)NC1CCN(c2ncc3ncnc(Nc4cc(F)c(Oc5ccn6ncnc6c5)c(Cl)c4)c3n2)CC1. The van der Waals surface area contributed by atoms with E-state index in [4.69, 9.17) is 26.1 Å². The summed E-state index contributed by atoms with van der Waals surface area (Å²) in [4.78, 5) is 36.1. The van der Waals surface area contributed by atoms with Crippen molar-refractivity contribution in [3.8, 4) is 11.5 Å². The summed E-state index contributed by atoms with van der Waals surface area (Å²) in [6.07, 6.45) is 7.03. The molecule has 1 amide bonds. The zero-order valence-electron chi connectivity index (χ0n) is 23.6. The van der Waals surface area contributed by atoms with E-state index in [1.807, 2.05) is 25.7 Å². The minimum Gasteiger partial charge on any atom is -0.453 e. The number of carbonyl (C=O) groups excluding carboxylic acids is 1. The minimum absolute atomic E-state index is 0.00989. The Balaban J connectivity index is 1.16. The lowest BCUT2D eigenvalue weighted by Gasteiger charge is -2.32. The van der Waals surface area contributed by atoms with Crippen LogP contribution in [0.25, 0.3) is 16.7 Å². The fourth-order valence-corrected chi connectivity index (χ4v) is 4.88. The molecular weight excluding hydrogens is 579 g/mol. The lowest BCUT2D eigenvalue weighted by Crippen LogP contribution is -2.46. The first-order valence-electron chi connectivity index (χ1n) is 13.6. The summed E-state index contributed by atoms with van der Waals surface area (Å²) in [6.45, 7) is 6.76. The van der Waals surface area contributed by atoms with Gasteiger partial charge in [-0.25, -0.2) is 38.6 Å². The van der Waals surface area contributed by atoms with Gasteiger partial charge in [-0.05, 0) is 45.7 Å². The van der Waals surface area contributed by atoms with Crippen molar-refractivity contribution in [2.24, 2.45) is 0 Å². The Labute approximate surface area is 250 Å². The fourth-order valence-electron chi connectivity index (χ4n) is 4.63. The highest BCUT2D eigenvalue weighted by Crippen LogP contribution is 2.36. The summed E-state index contributed by atoms with van der Waals surface area (Å²) < 4.78 is 27.8. The van der Waals surface area contributed by atoms with Crippen LogP contribution < -0.4 is 20.3 Å². The van der Waals surface area contributed by atoms with Gasteiger partial charge in [0.1, 0.15) is 35.0 Å². The summed E-state index contributed by atoms with van der Waals surface area (Å²) >= 11 is 6.43. The number of hydrogen-bond donors (Lipinski definition) is 2. The van der Waals surface area contributed by atoms with Crippen molar-refractivity contribution >= 4 is 51.8 Å². The lowest BCUT2D eigenvalue weighted by atomic mass is 10.1. The van der Waals surface area contributed by atoms with Crippen LogP contribution in [0.5, 0.6) is 11.5 Å². The molecule has 2 N–H and O–H groups in total. The zero-order chi connectivity index (χ0) is 30.1. The van der Waals surface area contributed by atoms with Crippen LogP contribution in [0.3, 0.4) is 0 Å². The number of aromatic nitrogens is 7. The number of pyridine rings is 1. The number of rotatable bonds is 6. The summed E-state index contributed by atoms with van der Waals surface area (Å²) in [6, 6.07) is 6.04. The van der Waals surface area contributed by atoms with E-state index in [0.717, 1.165) is 0 Å². The van der Waals surface area contributed by atoms with E-state index < -0.39 is 17.5 Å². The Kier molecular flexibility index (Phi) is 7.52. The fraction of sp³-hybridized carbons (Fsp3) is 0.321. The van der Waals surface area contributed by atoms with Crippen molar-refractivity contribution in [1.82, 2.24) is 39.9 Å². The Morgan fingerprint density at radius 3 is 2.67 bits per heavy atom. The second-order valence-corrected chi connectivity index (χ2v) is 11.4. The molecule has 0 unspecified atom stereocenters. The minimum atomic E-state index is -0.673. The third-order valence-electron chi connectivity index (χ3n) is 6.60. The molecule has 5 aromatic rings. The highest BCUT2D eigenvalue weighted by atomic mass is 35.5. The van der Waals surface area contributed by atoms with Gasteiger partial charge < -0.3 is 25.0 Å². The Bertz CT molecular complexity index is 1780. The molecule has 6 rings (SSSR count). The molecule has 4 aromatic heterocycles. The normalized spacial score (nSPS) is 14.2. The molecule has 1 aliphatic rings. The molecule has 1 aliphatic heterocycles. The van der Waals surface area contributed by atoms with Crippen molar-refractivity contribution in [2.75, 3.05) is 23.3 Å². The zero-order valence-corrected chi connectivity index (χ0v) is 24.3. The van der Waals surface area contributed by atoms with E-state index in [-0.39, 0.29) is 16.8 Å². The summed E-state index contributed by atoms with van der Waals surface area (Å²) in [5.41, 5.74) is 1.31. The Hall–Kier alpha value is -4.85. The quantitative estimate of drug-likeness (QED) is 0.260. The number of halogens is 2. The standard InChI is InChI=1S/C28H28ClFN10O3/c1-28(2,3)43-27(41)37-16-4-7-39(8-5-16)26-31-13-21-23(38-26)25(34-14-32-21)36-17-10-19(29)24(20(30)11-17)42-18-6-9-40-22(12-18)33-15-35-40/h6,9-16H,4-5,7-8H2,1-3H3,(H,37,41)(H,32,34,36). The summed E-state index contributed by atoms with van der Waals surface area (Å²) in [5, 5.41) is 10.1. The first kappa shape index (κ1) is 28.3. The number of fused-ring (bicyclic) bond motifs is 2. The van der Waals surface area contributed by atoms with Gasteiger partial charge in [-0.2, -0.15) is 5.10 Å². The van der Waals surface area contributed by atoms with Crippen LogP contribution in [0.15, 0.2) is 49.3 Å². The van der Waals surface area contributed by atoms with Crippen molar-refractivity contribution < 1.29 is 18.7 Å². The molecule has 1 fully saturated rings. The van der Waals surface area contributed by atoms with E-state index in [0.29, 0.717) is 65.8 Å². The molecule has 15 heteroatoms. The second kappa shape index (κ2) is 11.4. The number of piperidine rings is 1. The highest BCUT2D eigenvalue weighted by Gasteiger charge is 2.25. The largest absolute Gasteiger partial charge is 0.453 e. The predicted molar refractivity (Wildman–Crippen MR) is 157 cm³/mol. The number of nitrogens with zero attached hydrogens (tertiary/aromatic N) is 8. The van der Waals surface area contributed by atoms with Gasteiger partial charge in [0.2, 0.25) is 5.95 Å². The van der Waals surface area contributed by atoms with Gasteiger partial charge >= 0.3 is 6.09 Å². The van der Waals surface area contributed by atoms with Crippen LogP contribution in [0.2, 0.25) is 5.02 Å². The van der Waals surface area contributed by atoms with Crippen LogP contribution in [0.1, 0.15) is 33.6 Å². The molecular formula is C28H28ClFN10O3. The van der Waals surface area contributed by atoms with Crippen molar-refractivity contribution in [3.05, 3.63) is 60.2 Å². The van der Waals surface area contributed by atoms with Gasteiger partial charge in [0.25, 0.3) is 0 Å². The molecule has 0 bridgehead atoms. The van der Waals surface area contributed by atoms with E-state index in [1.54, 1.807) is 29.0 Å². The van der Waals surface area contributed by atoms with Crippen LogP contribution in [-0.2, 0) is 4.74 Å². The molecule has 1 saturated heterocycles. The van der Waals surface area contributed by atoms with Gasteiger partial charge in [-0.15, -0.1) is 0 Å². The van der Waals surface area contributed by atoms with E-state index in [9.17, 15) is 4.79 Å². The third kappa shape index (κ3) is 6.48. The maximum atomic E-state index is 15.2. The van der Waals surface area contributed by atoms with Gasteiger partial charge in [-0.3, -0.25) is 0 Å². The Morgan fingerprint density at radius 2 is 1.91 bits per heavy atom. The number of carbonyl (C=O) groups is 1. The van der Waals surface area contributed by atoms with Gasteiger partial charge in [0.05, 0.1) is 11.2 Å². The number of nitrogens with one attached hydrogen (secondary N) is 2. The molecule has 5 heterocycles. The number of anilines is 3. The van der Waals surface area contributed by atoms with Crippen molar-refractivity contribution in [3.63, 3.8) is 0 Å². The average Bonchev–Trinajstić information content (AvgIpc) is 3.42. The van der Waals surface area contributed by atoms with Crippen LogP contribution in [0.4, 0.5) is 26.6 Å². The highest BCUT2D eigenvalue weighted by molar-refractivity contribution is 6.32.